The Hall–Kier alpha value is -1.15. The lowest BCUT2D eigenvalue weighted by Crippen LogP contribution is -2.49. The van der Waals surface area contributed by atoms with Gasteiger partial charge in [0, 0.05) is 5.92 Å². The van der Waals surface area contributed by atoms with E-state index >= 15 is 0 Å². The van der Waals surface area contributed by atoms with Crippen LogP contribution in [0.1, 0.15) is 37.7 Å². The fourth-order valence-corrected chi connectivity index (χ4v) is 3.35. The molecule has 0 unspecified atom stereocenters. The highest BCUT2D eigenvalue weighted by Gasteiger charge is 2.45. The van der Waals surface area contributed by atoms with Crippen LogP contribution in [0.15, 0.2) is 30.3 Å². The van der Waals surface area contributed by atoms with Crippen LogP contribution >= 0.6 is 0 Å². The maximum atomic E-state index is 12.9. The fourth-order valence-electron chi connectivity index (χ4n) is 3.35. The molecule has 1 saturated carbocycles. The number of ketones is 1. The number of carbonyl (C=O) groups excluding carboxylic acids is 1. The lowest BCUT2D eigenvalue weighted by atomic mass is 9.63. The number of hydrogen-bond donors (Lipinski definition) is 1. The van der Waals surface area contributed by atoms with Gasteiger partial charge in [-0.15, -0.1) is 0 Å². The van der Waals surface area contributed by atoms with Gasteiger partial charge >= 0.3 is 0 Å². The summed E-state index contributed by atoms with van der Waals surface area (Å²) in [6.45, 7) is 1.93. The smallest absolute Gasteiger partial charge is 0.146 e. The van der Waals surface area contributed by atoms with Crippen molar-refractivity contribution in [2.45, 2.75) is 37.5 Å². The minimum absolute atomic E-state index is 0.197. The predicted molar refractivity (Wildman–Crippen MR) is 72.6 cm³/mol. The first kappa shape index (κ1) is 11.9. The van der Waals surface area contributed by atoms with Crippen LogP contribution in [0.3, 0.4) is 0 Å². The van der Waals surface area contributed by atoms with Crippen LogP contribution in [0.25, 0.3) is 0 Å². The molecule has 1 aromatic carbocycles. The quantitative estimate of drug-likeness (QED) is 0.884. The largest absolute Gasteiger partial charge is 0.317 e. The van der Waals surface area contributed by atoms with E-state index in [9.17, 15) is 4.79 Å². The third-order valence-corrected chi connectivity index (χ3v) is 4.73. The van der Waals surface area contributed by atoms with Gasteiger partial charge < -0.3 is 5.32 Å². The van der Waals surface area contributed by atoms with Crippen molar-refractivity contribution in [3.8, 4) is 0 Å². The van der Waals surface area contributed by atoms with E-state index in [4.69, 9.17) is 0 Å². The van der Waals surface area contributed by atoms with Crippen LogP contribution in [0, 0.1) is 5.92 Å². The fraction of sp³-hybridized carbons (Fsp3) is 0.562. The van der Waals surface area contributed by atoms with Crippen molar-refractivity contribution >= 4 is 5.78 Å². The van der Waals surface area contributed by atoms with Crippen LogP contribution in [0.4, 0.5) is 0 Å². The summed E-state index contributed by atoms with van der Waals surface area (Å²) < 4.78 is 0. The second kappa shape index (κ2) is 4.85. The topological polar surface area (TPSA) is 29.1 Å². The minimum atomic E-state index is -0.197. The zero-order chi connectivity index (χ0) is 12.4. The minimum Gasteiger partial charge on any atom is -0.317 e. The molecule has 1 aliphatic carbocycles. The van der Waals surface area contributed by atoms with Crippen LogP contribution in [-0.4, -0.2) is 18.9 Å². The molecule has 3 rings (SSSR count). The third kappa shape index (κ3) is 1.89. The summed E-state index contributed by atoms with van der Waals surface area (Å²) in [4.78, 5) is 12.9. The summed E-state index contributed by atoms with van der Waals surface area (Å²) in [5, 5.41) is 3.39. The molecule has 2 fully saturated rings. The summed E-state index contributed by atoms with van der Waals surface area (Å²) in [7, 11) is 0. The molecule has 0 atom stereocenters. The van der Waals surface area contributed by atoms with Crippen molar-refractivity contribution < 1.29 is 4.79 Å². The van der Waals surface area contributed by atoms with Crippen molar-refractivity contribution in [3.63, 3.8) is 0 Å². The molecule has 2 nitrogen and oxygen atoms in total. The summed E-state index contributed by atoms with van der Waals surface area (Å²) in [5.74, 6) is 0.852. The third-order valence-electron chi connectivity index (χ3n) is 4.73. The Labute approximate surface area is 109 Å². The van der Waals surface area contributed by atoms with Crippen molar-refractivity contribution in [2.24, 2.45) is 5.92 Å². The first-order valence-electron chi connectivity index (χ1n) is 7.13. The van der Waals surface area contributed by atoms with Gasteiger partial charge in [0.05, 0.1) is 5.41 Å². The van der Waals surface area contributed by atoms with Gasteiger partial charge in [-0.2, -0.15) is 0 Å². The Kier molecular flexibility index (Phi) is 3.21. The number of Topliss-reactive ketones (excluding diaryl/α,β-unsaturated/α-hetero) is 1. The van der Waals surface area contributed by atoms with Crippen LogP contribution in [-0.2, 0) is 10.2 Å². The zero-order valence-corrected chi connectivity index (χ0v) is 10.8. The molecule has 18 heavy (non-hydrogen) atoms. The standard InChI is InChI=1S/C16H21NO/c18-15(13-5-4-6-13)16(9-11-17-12-10-16)14-7-2-1-3-8-14/h1-3,7-8,13,17H,4-6,9-12H2. The molecule has 1 N–H and O–H groups in total. The number of nitrogens with one attached hydrogen (secondary N) is 1. The van der Waals surface area contributed by atoms with E-state index < -0.39 is 0 Å². The highest BCUT2D eigenvalue weighted by atomic mass is 16.1. The van der Waals surface area contributed by atoms with Crippen LogP contribution in [0.5, 0.6) is 0 Å². The molecule has 1 aromatic rings. The van der Waals surface area contributed by atoms with Gasteiger partial charge in [0.25, 0.3) is 0 Å². The Bertz CT molecular complexity index is 416. The Balaban J connectivity index is 1.95. The average molecular weight is 243 g/mol. The highest BCUT2D eigenvalue weighted by Crippen LogP contribution is 2.41. The van der Waals surface area contributed by atoms with E-state index in [1.165, 1.54) is 12.0 Å². The monoisotopic (exact) mass is 243 g/mol. The maximum absolute atomic E-state index is 12.9. The van der Waals surface area contributed by atoms with Crippen molar-refractivity contribution in [1.29, 1.82) is 0 Å². The number of piperidine rings is 1. The summed E-state index contributed by atoms with van der Waals surface area (Å²) in [5.41, 5.74) is 1.04. The van der Waals surface area contributed by atoms with Gasteiger partial charge in [-0.05, 0) is 44.3 Å². The normalized spacial score (nSPS) is 23.3. The second-order valence-electron chi connectivity index (χ2n) is 5.69. The van der Waals surface area contributed by atoms with Crippen molar-refractivity contribution in [1.82, 2.24) is 5.32 Å². The Morgan fingerprint density at radius 3 is 2.33 bits per heavy atom. The number of benzene rings is 1. The van der Waals surface area contributed by atoms with E-state index in [1.807, 2.05) is 6.07 Å². The molecule has 2 heteroatoms. The maximum Gasteiger partial charge on any atom is 0.146 e. The Morgan fingerprint density at radius 1 is 1.11 bits per heavy atom. The molecule has 0 aromatic heterocycles. The lowest BCUT2D eigenvalue weighted by molar-refractivity contribution is -0.132. The van der Waals surface area contributed by atoms with Gasteiger partial charge in [0.2, 0.25) is 0 Å². The van der Waals surface area contributed by atoms with Gasteiger partial charge in [-0.3, -0.25) is 4.79 Å². The van der Waals surface area contributed by atoms with Gasteiger partial charge in [-0.1, -0.05) is 36.8 Å². The molecule has 0 bridgehead atoms. The van der Waals surface area contributed by atoms with Gasteiger partial charge in [0.15, 0.2) is 0 Å². The van der Waals surface area contributed by atoms with E-state index in [0.717, 1.165) is 38.8 Å². The molecule has 0 amide bonds. The van der Waals surface area contributed by atoms with E-state index in [0.29, 0.717) is 11.7 Å². The number of carbonyl (C=O) groups is 1. The van der Waals surface area contributed by atoms with Crippen molar-refractivity contribution in [2.75, 3.05) is 13.1 Å². The lowest BCUT2D eigenvalue weighted by Gasteiger charge is -2.41. The number of hydrogen-bond acceptors (Lipinski definition) is 2. The molecule has 0 spiro atoms. The zero-order valence-electron chi connectivity index (χ0n) is 10.8. The van der Waals surface area contributed by atoms with Gasteiger partial charge in [-0.25, -0.2) is 0 Å². The first-order valence-corrected chi connectivity index (χ1v) is 7.13. The molecule has 1 saturated heterocycles. The molecule has 96 valence electrons. The van der Waals surface area contributed by atoms with Crippen LogP contribution < -0.4 is 5.32 Å². The molecular formula is C16H21NO. The van der Waals surface area contributed by atoms with Gasteiger partial charge in [0.1, 0.15) is 5.78 Å². The summed E-state index contributed by atoms with van der Waals surface area (Å²) in [6.07, 6.45) is 5.39. The number of rotatable bonds is 3. The molecule has 2 aliphatic rings. The molecule has 0 radical (unpaired) electrons. The Morgan fingerprint density at radius 2 is 1.78 bits per heavy atom. The van der Waals surface area contributed by atoms with Crippen LogP contribution in [0.2, 0.25) is 0 Å². The summed E-state index contributed by atoms with van der Waals surface area (Å²) >= 11 is 0. The van der Waals surface area contributed by atoms with Crippen molar-refractivity contribution in [3.05, 3.63) is 35.9 Å². The molecule has 1 aliphatic heterocycles. The average Bonchev–Trinajstić information content (AvgIpc) is 2.38. The molecular weight excluding hydrogens is 222 g/mol. The summed E-state index contributed by atoms with van der Waals surface area (Å²) in [6, 6.07) is 10.4. The van der Waals surface area contributed by atoms with E-state index in [1.54, 1.807) is 0 Å². The second-order valence-corrected chi connectivity index (χ2v) is 5.69. The van der Waals surface area contributed by atoms with E-state index in [2.05, 4.69) is 29.6 Å². The van der Waals surface area contributed by atoms with E-state index in [-0.39, 0.29) is 5.41 Å². The predicted octanol–water partition coefficient (Wildman–Crippen LogP) is 2.68. The SMILES string of the molecule is O=C(C1CCC1)C1(c2ccccc2)CCNCC1. The highest BCUT2D eigenvalue weighted by molar-refractivity contribution is 5.92. The molecule has 1 heterocycles. The first-order chi connectivity index (χ1) is 8.83.